The van der Waals surface area contributed by atoms with E-state index in [0.717, 1.165) is 9.86 Å². The summed E-state index contributed by atoms with van der Waals surface area (Å²) in [6, 6.07) is 5.61. The first-order valence-electron chi connectivity index (χ1n) is 6.73. The van der Waals surface area contributed by atoms with Crippen LogP contribution in [0.1, 0.15) is 9.67 Å². The van der Waals surface area contributed by atoms with Gasteiger partial charge < -0.3 is 14.5 Å². The maximum absolute atomic E-state index is 12.4. The van der Waals surface area contributed by atoms with E-state index in [1.807, 2.05) is 35.3 Å². The van der Waals surface area contributed by atoms with Crippen LogP contribution in [-0.2, 0) is 13.6 Å². The molecule has 0 aliphatic carbocycles. The first-order valence-corrected chi connectivity index (χ1v) is 8.40. The van der Waals surface area contributed by atoms with Crippen molar-refractivity contribution in [2.24, 2.45) is 7.05 Å². The Hall–Kier alpha value is -1.86. The summed E-state index contributed by atoms with van der Waals surface area (Å²) < 4.78 is 4.33. The minimum atomic E-state index is -0.122. The van der Waals surface area contributed by atoms with Gasteiger partial charge in [0.05, 0.1) is 4.88 Å². The lowest BCUT2D eigenvalue weighted by Gasteiger charge is -2.07. The summed E-state index contributed by atoms with van der Waals surface area (Å²) in [6.45, 7) is 0.850. The van der Waals surface area contributed by atoms with Crippen LogP contribution in [0.15, 0.2) is 45.2 Å². The SMILES string of the molecule is Cn1ccc2ccn(CCNC(=O)c3cc(Br)cs3)c(=O)c21. The number of pyridine rings is 1. The molecule has 3 aromatic heterocycles. The lowest BCUT2D eigenvalue weighted by atomic mass is 10.3. The molecule has 0 fully saturated rings. The molecular weight excluding hydrogens is 366 g/mol. The van der Waals surface area contributed by atoms with E-state index in [9.17, 15) is 9.59 Å². The molecule has 3 aromatic rings. The van der Waals surface area contributed by atoms with E-state index in [2.05, 4.69) is 21.2 Å². The molecule has 0 saturated heterocycles. The second kappa shape index (κ2) is 6.10. The molecule has 22 heavy (non-hydrogen) atoms. The molecular formula is C15H14BrN3O2S. The second-order valence-electron chi connectivity index (χ2n) is 4.93. The number of hydrogen-bond donors (Lipinski definition) is 1. The van der Waals surface area contributed by atoms with Gasteiger partial charge in [-0.05, 0) is 34.1 Å². The minimum absolute atomic E-state index is 0.0434. The molecule has 0 spiro atoms. The van der Waals surface area contributed by atoms with Gasteiger partial charge in [-0.15, -0.1) is 11.3 Å². The molecule has 0 unspecified atom stereocenters. The molecule has 0 aliphatic rings. The van der Waals surface area contributed by atoms with Crippen LogP contribution in [-0.4, -0.2) is 21.6 Å². The summed E-state index contributed by atoms with van der Waals surface area (Å²) >= 11 is 4.70. The number of nitrogens with one attached hydrogen (secondary N) is 1. The van der Waals surface area contributed by atoms with Gasteiger partial charge in [-0.3, -0.25) is 9.59 Å². The second-order valence-corrected chi connectivity index (χ2v) is 6.76. The maximum Gasteiger partial charge on any atom is 0.275 e. The van der Waals surface area contributed by atoms with Crippen LogP contribution in [0.25, 0.3) is 10.9 Å². The van der Waals surface area contributed by atoms with E-state index in [1.54, 1.807) is 16.8 Å². The van der Waals surface area contributed by atoms with Crippen molar-refractivity contribution in [2.45, 2.75) is 6.54 Å². The largest absolute Gasteiger partial charge is 0.350 e. The van der Waals surface area contributed by atoms with E-state index >= 15 is 0 Å². The van der Waals surface area contributed by atoms with E-state index in [0.29, 0.717) is 23.5 Å². The van der Waals surface area contributed by atoms with Crippen LogP contribution in [0, 0.1) is 0 Å². The summed E-state index contributed by atoms with van der Waals surface area (Å²) in [5.41, 5.74) is 0.633. The van der Waals surface area contributed by atoms with E-state index in [4.69, 9.17) is 0 Å². The average molecular weight is 380 g/mol. The number of amides is 1. The number of carbonyl (C=O) groups excluding carboxylic acids is 1. The molecule has 0 atom stereocenters. The number of rotatable bonds is 4. The number of aryl methyl sites for hydroxylation is 1. The van der Waals surface area contributed by atoms with Crippen LogP contribution in [0.5, 0.6) is 0 Å². The van der Waals surface area contributed by atoms with Crippen LogP contribution in [0.2, 0.25) is 0 Å². The Balaban J connectivity index is 1.69. The Kier molecular flexibility index (Phi) is 4.17. The van der Waals surface area contributed by atoms with Crippen molar-refractivity contribution < 1.29 is 4.79 Å². The van der Waals surface area contributed by atoms with Crippen molar-refractivity contribution in [3.63, 3.8) is 0 Å². The van der Waals surface area contributed by atoms with Gasteiger partial charge in [-0.1, -0.05) is 0 Å². The standard InChI is InChI=1S/C15H14BrN3O2S/c1-18-5-2-10-3-6-19(15(21)13(10)18)7-4-17-14(20)12-8-11(16)9-22-12/h2-3,5-6,8-9H,4,7H2,1H3,(H,17,20). The number of hydrogen-bond acceptors (Lipinski definition) is 3. The van der Waals surface area contributed by atoms with Crippen molar-refractivity contribution in [2.75, 3.05) is 6.54 Å². The highest BCUT2D eigenvalue weighted by atomic mass is 79.9. The van der Waals surface area contributed by atoms with E-state index < -0.39 is 0 Å². The molecule has 5 nitrogen and oxygen atoms in total. The third-order valence-corrected chi connectivity index (χ3v) is 5.12. The molecule has 0 aromatic carbocycles. The number of nitrogens with zero attached hydrogens (tertiary/aromatic N) is 2. The van der Waals surface area contributed by atoms with Gasteiger partial charge >= 0.3 is 0 Å². The highest BCUT2D eigenvalue weighted by Crippen LogP contribution is 2.19. The monoisotopic (exact) mass is 379 g/mol. The lowest BCUT2D eigenvalue weighted by molar-refractivity contribution is 0.0956. The Morgan fingerprint density at radius 3 is 2.86 bits per heavy atom. The molecule has 0 radical (unpaired) electrons. The molecule has 3 heterocycles. The molecule has 7 heteroatoms. The molecule has 1 amide bonds. The average Bonchev–Trinajstić information content (AvgIpc) is 3.08. The summed E-state index contributed by atoms with van der Waals surface area (Å²) in [7, 11) is 1.85. The minimum Gasteiger partial charge on any atom is -0.350 e. The van der Waals surface area contributed by atoms with Crippen LogP contribution < -0.4 is 10.9 Å². The first-order chi connectivity index (χ1) is 10.6. The molecule has 0 aliphatic heterocycles. The number of fused-ring (bicyclic) bond motifs is 1. The fraction of sp³-hybridized carbons (Fsp3) is 0.200. The predicted molar refractivity (Wildman–Crippen MR) is 91.5 cm³/mol. The van der Waals surface area contributed by atoms with Gasteiger partial charge in [0.2, 0.25) is 0 Å². The van der Waals surface area contributed by atoms with Crippen LogP contribution in [0.4, 0.5) is 0 Å². The molecule has 3 rings (SSSR count). The maximum atomic E-state index is 12.4. The van der Waals surface area contributed by atoms with Crippen molar-refractivity contribution in [1.82, 2.24) is 14.5 Å². The van der Waals surface area contributed by atoms with Gasteiger partial charge in [0.25, 0.3) is 11.5 Å². The highest BCUT2D eigenvalue weighted by Gasteiger charge is 2.09. The zero-order chi connectivity index (χ0) is 15.7. The number of carbonyl (C=O) groups is 1. The van der Waals surface area contributed by atoms with E-state index in [1.165, 1.54) is 11.3 Å². The Labute approximate surface area is 139 Å². The van der Waals surface area contributed by atoms with Gasteiger partial charge in [-0.25, -0.2) is 0 Å². The van der Waals surface area contributed by atoms with Crippen molar-refractivity contribution in [3.05, 3.63) is 55.7 Å². The van der Waals surface area contributed by atoms with Crippen molar-refractivity contribution in [1.29, 1.82) is 0 Å². The number of halogens is 1. The smallest absolute Gasteiger partial charge is 0.275 e. The third kappa shape index (κ3) is 2.86. The summed E-state index contributed by atoms with van der Waals surface area (Å²) in [5.74, 6) is -0.122. The molecule has 114 valence electrons. The highest BCUT2D eigenvalue weighted by molar-refractivity contribution is 9.10. The third-order valence-electron chi connectivity index (χ3n) is 3.43. The molecule has 0 saturated carbocycles. The summed E-state index contributed by atoms with van der Waals surface area (Å²) in [6.07, 6.45) is 3.63. The topological polar surface area (TPSA) is 56.0 Å². The van der Waals surface area contributed by atoms with Crippen LogP contribution in [0.3, 0.4) is 0 Å². The first kappa shape index (κ1) is 15.1. The zero-order valence-corrected chi connectivity index (χ0v) is 14.3. The van der Waals surface area contributed by atoms with Gasteiger partial charge in [0, 0.05) is 47.8 Å². The fourth-order valence-corrected chi connectivity index (χ4v) is 3.66. The van der Waals surface area contributed by atoms with Gasteiger partial charge in [-0.2, -0.15) is 0 Å². The molecule has 0 bridgehead atoms. The quantitative estimate of drug-likeness (QED) is 0.757. The van der Waals surface area contributed by atoms with Crippen molar-refractivity contribution >= 4 is 44.1 Å². The summed E-state index contributed by atoms with van der Waals surface area (Å²) in [5, 5.41) is 5.62. The molecule has 1 N–H and O–H groups in total. The van der Waals surface area contributed by atoms with Crippen LogP contribution >= 0.6 is 27.3 Å². The number of thiophene rings is 1. The lowest BCUT2D eigenvalue weighted by Crippen LogP contribution is -2.30. The fourth-order valence-electron chi connectivity index (χ4n) is 2.32. The zero-order valence-electron chi connectivity index (χ0n) is 11.9. The summed E-state index contributed by atoms with van der Waals surface area (Å²) in [4.78, 5) is 25.0. The Morgan fingerprint density at radius 2 is 2.14 bits per heavy atom. The van der Waals surface area contributed by atoms with Gasteiger partial charge in [0.15, 0.2) is 0 Å². The van der Waals surface area contributed by atoms with Crippen molar-refractivity contribution in [3.8, 4) is 0 Å². The van der Waals surface area contributed by atoms with E-state index in [-0.39, 0.29) is 11.5 Å². The predicted octanol–water partition coefficient (Wildman–Crippen LogP) is 2.59. The van der Waals surface area contributed by atoms with Gasteiger partial charge in [0.1, 0.15) is 5.52 Å². The normalized spacial score (nSPS) is 11.0. The number of aromatic nitrogens is 2. The Bertz CT molecular complexity index is 894. The Morgan fingerprint density at radius 1 is 1.36 bits per heavy atom.